The number of aliphatic hydroxyl groups is 3. The van der Waals surface area contributed by atoms with Gasteiger partial charge in [-0.1, -0.05) is 88.3 Å². The Morgan fingerprint density at radius 1 is 0.420 bits per heavy atom. The number of fused-ring (bicyclic) bond motifs is 9. The van der Waals surface area contributed by atoms with Gasteiger partial charge >= 0.3 is 0 Å². The highest BCUT2D eigenvalue weighted by Crippen LogP contribution is 2.40. The molecule has 9 nitrogen and oxygen atoms in total. The van der Waals surface area contributed by atoms with Gasteiger partial charge in [0.1, 0.15) is 28.4 Å². The minimum Gasteiger partial charge on any atom is -0.384 e. The lowest BCUT2D eigenvalue weighted by Gasteiger charge is -2.29. The third-order valence-corrected chi connectivity index (χ3v) is 18.2. The zero-order valence-electron chi connectivity index (χ0n) is 47.0. The Hall–Kier alpha value is -4.99. The highest BCUT2D eigenvalue weighted by atomic mass is 35.5. The van der Waals surface area contributed by atoms with Crippen LogP contribution in [-0.2, 0) is 75.3 Å². The number of nitrogens with zero attached hydrogens (tertiary/aromatic N) is 6. The summed E-state index contributed by atoms with van der Waals surface area (Å²) in [7, 11) is 6.36. The van der Waals surface area contributed by atoms with Crippen LogP contribution in [-0.4, -0.2) is 84.5 Å². The van der Waals surface area contributed by atoms with Crippen LogP contribution in [0.5, 0.6) is 0 Å². The second-order valence-electron chi connectivity index (χ2n) is 23.4. The molecular formula is C65H69Cl5F2N6O3. The summed E-state index contributed by atoms with van der Waals surface area (Å²) in [6, 6.07) is 32.9. The van der Waals surface area contributed by atoms with E-state index in [1.165, 1.54) is 57.4 Å². The van der Waals surface area contributed by atoms with E-state index < -0.39 is 22.6 Å². The molecule has 0 saturated carbocycles. The Morgan fingerprint density at radius 3 is 1.10 bits per heavy atom. The first-order valence-corrected chi connectivity index (χ1v) is 29.3. The lowest BCUT2D eigenvalue weighted by molar-refractivity contribution is 0.0378. The highest BCUT2D eigenvalue weighted by molar-refractivity contribution is 6.32. The van der Waals surface area contributed by atoms with Crippen LogP contribution < -0.4 is 0 Å². The number of aromatic nitrogens is 3. The fraction of sp³-hybridized carbons (Fsp3) is 0.354. The van der Waals surface area contributed by atoms with Crippen LogP contribution >= 0.6 is 58.0 Å². The van der Waals surface area contributed by atoms with Crippen LogP contribution in [0.3, 0.4) is 0 Å². The quantitative estimate of drug-likeness (QED) is 0.134. The second kappa shape index (κ2) is 23.2. The van der Waals surface area contributed by atoms with Crippen LogP contribution in [0, 0.1) is 25.5 Å². The molecule has 0 amide bonds. The molecule has 0 fully saturated rings. The smallest absolute Gasteiger partial charge is 0.142 e. The SMILES string of the molecule is CN1CCc2c(c3cc(Cl)ccc3n2CC(C)(O)c2ccc(Cl)c(F)c2)C1.Cc1cc(C(C)(O)Cn2c3c(c4cc(Cl)ccc42)CN(C)CC3)ccc1Cl.Cc1cc(C(C)(O)Cn2c3c(c4cc(Cl)ccc42)CN(C)CC3)ccc1F. The molecule has 12 rings (SSSR count). The first-order valence-electron chi connectivity index (χ1n) is 27.4. The molecule has 0 bridgehead atoms. The number of rotatable bonds is 9. The predicted octanol–water partition coefficient (Wildman–Crippen LogP) is 14.8. The second-order valence-corrected chi connectivity index (χ2v) is 25.5. The summed E-state index contributed by atoms with van der Waals surface area (Å²) in [5.41, 5.74) is 11.1. The molecule has 6 heterocycles. The Morgan fingerprint density at radius 2 is 0.753 bits per heavy atom. The van der Waals surface area contributed by atoms with Gasteiger partial charge in [-0.05, 0) is 179 Å². The summed E-state index contributed by atoms with van der Waals surface area (Å²) in [6.07, 6.45) is 2.79. The van der Waals surface area contributed by atoms with Crippen molar-refractivity contribution in [2.75, 3.05) is 40.8 Å². The summed E-state index contributed by atoms with van der Waals surface area (Å²) < 4.78 is 34.2. The predicted molar refractivity (Wildman–Crippen MR) is 328 cm³/mol. The van der Waals surface area contributed by atoms with Crippen molar-refractivity contribution in [1.29, 1.82) is 0 Å². The average Bonchev–Trinajstić information content (AvgIpc) is 3.15. The van der Waals surface area contributed by atoms with Crippen molar-refractivity contribution in [2.45, 2.75) is 110 Å². The summed E-state index contributed by atoms with van der Waals surface area (Å²) in [5, 5.41) is 40.2. The first-order chi connectivity index (χ1) is 38.3. The molecule has 3 atom stereocenters. The zero-order chi connectivity index (χ0) is 58.0. The number of likely N-dealkylation sites (N-methyl/N-ethyl adjacent to an activating group) is 3. The van der Waals surface area contributed by atoms with Gasteiger partial charge < -0.3 is 43.7 Å². The molecule has 3 aromatic heterocycles. The van der Waals surface area contributed by atoms with E-state index in [4.69, 9.17) is 58.0 Å². The van der Waals surface area contributed by atoms with Gasteiger partial charge in [0, 0.05) is 128 Å². The maximum absolute atomic E-state index is 13.9. The maximum Gasteiger partial charge on any atom is 0.142 e. The molecule has 16 heteroatoms. The third kappa shape index (κ3) is 12.2. The fourth-order valence-corrected chi connectivity index (χ4v) is 13.0. The van der Waals surface area contributed by atoms with Crippen molar-refractivity contribution < 1.29 is 24.1 Å². The molecule has 81 heavy (non-hydrogen) atoms. The standard InChI is InChI=1S/C22H24Cl2N2O.C22H24ClFN2O.C21H21Cl2FN2O/c2*1-14-10-15(4-6-19(14)24)22(2,27)13-26-20-7-5-16(23)11-17(20)18-12-25(3)9-8-21(18)26;1-21(27,13-3-5-17(23)18(24)9-13)12-26-19-6-4-14(22)10-15(19)16-11-25(2)8-7-20(16)26/h2*4-7,10-11,27H,8-9,12-13H2,1-3H3;3-6,9-10,27H,7-8,11-12H2,1-2H3. The summed E-state index contributed by atoms with van der Waals surface area (Å²) in [5.74, 6) is -0.779. The largest absolute Gasteiger partial charge is 0.384 e. The first kappa shape index (κ1) is 59.2. The van der Waals surface area contributed by atoms with Crippen LogP contribution in [0.1, 0.15) is 82.4 Å². The number of halogens is 7. The van der Waals surface area contributed by atoms with Crippen LogP contribution in [0.2, 0.25) is 25.1 Å². The number of hydrogen-bond acceptors (Lipinski definition) is 6. The molecule has 3 aliphatic heterocycles. The van der Waals surface area contributed by atoms with Gasteiger partial charge in [-0.15, -0.1) is 0 Å². The van der Waals surface area contributed by atoms with E-state index in [1.54, 1.807) is 39.0 Å². The van der Waals surface area contributed by atoms with Gasteiger partial charge in [-0.2, -0.15) is 0 Å². The lowest BCUT2D eigenvalue weighted by atomic mass is 9.94. The van der Waals surface area contributed by atoms with E-state index >= 15 is 0 Å². The molecule has 3 N–H and O–H groups in total. The van der Waals surface area contributed by atoms with Gasteiger partial charge in [0.2, 0.25) is 0 Å². The van der Waals surface area contributed by atoms with Crippen LogP contribution in [0.4, 0.5) is 8.78 Å². The fourth-order valence-electron chi connectivity index (χ4n) is 12.2. The highest BCUT2D eigenvalue weighted by Gasteiger charge is 2.33. The van der Waals surface area contributed by atoms with E-state index in [9.17, 15) is 24.1 Å². The molecule has 426 valence electrons. The molecule has 0 radical (unpaired) electrons. The molecule has 6 aromatic carbocycles. The van der Waals surface area contributed by atoms with E-state index in [1.807, 2.05) is 80.6 Å². The Balaban J connectivity index is 0.000000136. The summed E-state index contributed by atoms with van der Waals surface area (Å²) in [4.78, 5) is 6.90. The molecule has 0 saturated heterocycles. The number of aryl methyl sites for hydroxylation is 2. The summed E-state index contributed by atoms with van der Waals surface area (Å²) >= 11 is 30.8. The van der Waals surface area contributed by atoms with Crippen molar-refractivity contribution in [3.8, 4) is 0 Å². The molecule has 3 aliphatic rings. The van der Waals surface area contributed by atoms with E-state index in [-0.39, 0.29) is 10.8 Å². The molecule has 9 aromatic rings. The van der Waals surface area contributed by atoms with Crippen molar-refractivity contribution in [1.82, 2.24) is 28.4 Å². The number of benzene rings is 6. The van der Waals surface area contributed by atoms with E-state index in [2.05, 4.69) is 55.6 Å². The normalized spacial score (nSPS) is 17.1. The van der Waals surface area contributed by atoms with Gasteiger partial charge in [0.15, 0.2) is 0 Å². The average molecular weight is 1200 g/mol. The van der Waals surface area contributed by atoms with E-state index in [0.29, 0.717) is 35.8 Å². The zero-order valence-corrected chi connectivity index (χ0v) is 50.8. The molecule has 0 spiro atoms. The Labute approximate surface area is 498 Å². The molecule has 0 aliphatic carbocycles. The van der Waals surface area contributed by atoms with Gasteiger partial charge in [0.25, 0.3) is 0 Å². The van der Waals surface area contributed by atoms with Crippen LogP contribution in [0.25, 0.3) is 32.7 Å². The molecular weight excluding hydrogens is 1130 g/mol. The molecule has 3 unspecified atom stereocenters. The van der Waals surface area contributed by atoms with Gasteiger partial charge in [-0.25, -0.2) is 8.78 Å². The minimum absolute atomic E-state index is 0.0519. The monoisotopic (exact) mass is 1190 g/mol. The summed E-state index contributed by atoms with van der Waals surface area (Å²) in [6.45, 7) is 15.9. The van der Waals surface area contributed by atoms with Crippen molar-refractivity contribution in [2.24, 2.45) is 0 Å². The van der Waals surface area contributed by atoms with Gasteiger partial charge in [-0.3, -0.25) is 0 Å². The maximum atomic E-state index is 13.9. The van der Waals surface area contributed by atoms with E-state index in [0.717, 1.165) is 118 Å². The minimum atomic E-state index is -1.24. The number of hydrogen-bond donors (Lipinski definition) is 3. The lowest BCUT2D eigenvalue weighted by Crippen LogP contribution is -2.31. The van der Waals surface area contributed by atoms with Crippen molar-refractivity contribution >= 4 is 90.7 Å². The Bertz CT molecular complexity index is 3470. The topological polar surface area (TPSA) is 85.2 Å². The van der Waals surface area contributed by atoms with Crippen molar-refractivity contribution in [3.05, 3.63) is 208 Å². The third-order valence-electron chi connectivity index (χ3n) is 16.7. The van der Waals surface area contributed by atoms with Crippen LogP contribution in [0.15, 0.2) is 109 Å². The van der Waals surface area contributed by atoms with Crippen molar-refractivity contribution in [3.63, 3.8) is 0 Å². The Kier molecular flexibility index (Phi) is 17.0. The van der Waals surface area contributed by atoms with Gasteiger partial charge in [0.05, 0.1) is 24.7 Å².